The monoisotopic (exact) mass is 268 g/mol. The van der Waals surface area contributed by atoms with Gasteiger partial charge in [0.25, 0.3) is 0 Å². The van der Waals surface area contributed by atoms with Crippen LogP contribution < -0.4 is 4.74 Å². The number of alkyl halides is 1. The molecule has 1 unspecified atom stereocenters. The smallest absolute Gasteiger partial charge is 0.122 e. The molecule has 1 aromatic carbocycles. The van der Waals surface area contributed by atoms with Gasteiger partial charge in [0.1, 0.15) is 5.75 Å². The second kappa shape index (κ2) is 5.55. The highest BCUT2D eigenvalue weighted by atomic mass is 79.9. The third-order valence-corrected chi connectivity index (χ3v) is 3.58. The van der Waals surface area contributed by atoms with Crippen molar-refractivity contribution in [3.8, 4) is 5.75 Å². The lowest BCUT2D eigenvalue weighted by Crippen LogP contribution is -2.14. The minimum atomic E-state index is 0.717. The van der Waals surface area contributed by atoms with E-state index >= 15 is 0 Å². The SMILES string of the molecule is BrCCCCC1CCOc2ccccc21. The molecule has 1 aliphatic heterocycles. The molecule has 0 spiro atoms. The molecule has 0 saturated heterocycles. The van der Waals surface area contributed by atoms with Gasteiger partial charge in [0.15, 0.2) is 0 Å². The predicted molar refractivity (Wildman–Crippen MR) is 66.9 cm³/mol. The molecule has 1 atom stereocenters. The van der Waals surface area contributed by atoms with Gasteiger partial charge in [-0.3, -0.25) is 0 Å². The number of fused-ring (bicyclic) bond motifs is 1. The molecule has 1 aliphatic rings. The highest BCUT2D eigenvalue weighted by molar-refractivity contribution is 9.09. The van der Waals surface area contributed by atoms with E-state index in [-0.39, 0.29) is 0 Å². The van der Waals surface area contributed by atoms with Crippen molar-refractivity contribution >= 4 is 15.9 Å². The van der Waals surface area contributed by atoms with Crippen LogP contribution in [0.2, 0.25) is 0 Å². The molecule has 0 N–H and O–H groups in total. The van der Waals surface area contributed by atoms with Crippen molar-refractivity contribution in [3.63, 3.8) is 0 Å². The number of hydrogen-bond donors (Lipinski definition) is 0. The normalized spacial score (nSPS) is 19.4. The van der Waals surface area contributed by atoms with Gasteiger partial charge in [-0.1, -0.05) is 40.5 Å². The summed E-state index contributed by atoms with van der Waals surface area (Å²) in [7, 11) is 0. The molecular weight excluding hydrogens is 252 g/mol. The molecule has 0 saturated carbocycles. The number of ether oxygens (including phenoxy) is 1. The third kappa shape index (κ3) is 2.75. The van der Waals surface area contributed by atoms with Crippen molar-refractivity contribution in [1.82, 2.24) is 0 Å². The number of para-hydroxylation sites is 1. The molecular formula is C13H17BrO. The van der Waals surface area contributed by atoms with Crippen molar-refractivity contribution < 1.29 is 4.74 Å². The first-order chi connectivity index (χ1) is 7.42. The summed E-state index contributed by atoms with van der Waals surface area (Å²) in [4.78, 5) is 0. The van der Waals surface area contributed by atoms with Crippen LogP contribution in [0.4, 0.5) is 0 Å². The predicted octanol–water partition coefficient (Wildman–Crippen LogP) is 4.12. The topological polar surface area (TPSA) is 9.23 Å². The molecule has 1 heterocycles. The molecule has 15 heavy (non-hydrogen) atoms. The summed E-state index contributed by atoms with van der Waals surface area (Å²) < 4.78 is 5.65. The molecule has 0 amide bonds. The van der Waals surface area contributed by atoms with E-state index in [0.717, 1.165) is 17.7 Å². The highest BCUT2D eigenvalue weighted by Crippen LogP contribution is 2.36. The Hall–Kier alpha value is -0.500. The van der Waals surface area contributed by atoms with Crippen LogP contribution in [0.5, 0.6) is 5.75 Å². The molecule has 1 nitrogen and oxygen atoms in total. The van der Waals surface area contributed by atoms with E-state index in [2.05, 4.69) is 40.2 Å². The zero-order valence-electron chi connectivity index (χ0n) is 8.92. The molecule has 2 rings (SSSR count). The fourth-order valence-electron chi connectivity index (χ4n) is 2.20. The van der Waals surface area contributed by atoms with Crippen molar-refractivity contribution in [2.24, 2.45) is 0 Å². The van der Waals surface area contributed by atoms with Gasteiger partial charge in [-0.2, -0.15) is 0 Å². The number of benzene rings is 1. The van der Waals surface area contributed by atoms with E-state index in [1.165, 1.54) is 31.2 Å². The summed E-state index contributed by atoms with van der Waals surface area (Å²) in [6.45, 7) is 0.885. The van der Waals surface area contributed by atoms with Crippen molar-refractivity contribution in [2.45, 2.75) is 31.6 Å². The fourth-order valence-corrected chi connectivity index (χ4v) is 2.60. The molecule has 0 aromatic heterocycles. The van der Waals surface area contributed by atoms with E-state index in [4.69, 9.17) is 4.74 Å². The van der Waals surface area contributed by atoms with Gasteiger partial charge in [0.05, 0.1) is 6.61 Å². The summed E-state index contributed by atoms with van der Waals surface area (Å²) >= 11 is 3.48. The number of rotatable bonds is 4. The van der Waals surface area contributed by atoms with E-state index in [1.54, 1.807) is 0 Å². The first kappa shape index (κ1) is 11.0. The molecule has 0 fully saturated rings. The van der Waals surface area contributed by atoms with Crippen LogP contribution in [0, 0.1) is 0 Å². The Morgan fingerprint density at radius 2 is 2.13 bits per heavy atom. The first-order valence-corrected chi connectivity index (χ1v) is 6.81. The molecule has 1 aromatic rings. The lowest BCUT2D eigenvalue weighted by molar-refractivity contribution is 0.262. The molecule has 2 heteroatoms. The zero-order chi connectivity index (χ0) is 10.5. The second-order valence-electron chi connectivity index (χ2n) is 4.06. The minimum Gasteiger partial charge on any atom is -0.493 e. The fraction of sp³-hybridized carbons (Fsp3) is 0.538. The maximum Gasteiger partial charge on any atom is 0.122 e. The number of unbranched alkanes of at least 4 members (excludes halogenated alkanes) is 1. The Balaban J connectivity index is 2.02. The van der Waals surface area contributed by atoms with Crippen LogP contribution in [0.25, 0.3) is 0 Å². The highest BCUT2D eigenvalue weighted by Gasteiger charge is 2.19. The maximum absolute atomic E-state index is 5.65. The van der Waals surface area contributed by atoms with Crippen LogP contribution in [0.15, 0.2) is 24.3 Å². The first-order valence-electron chi connectivity index (χ1n) is 5.69. The van der Waals surface area contributed by atoms with E-state index in [1.807, 2.05) is 0 Å². The molecule has 0 bridgehead atoms. The third-order valence-electron chi connectivity index (χ3n) is 3.02. The second-order valence-corrected chi connectivity index (χ2v) is 4.85. The Morgan fingerprint density at radius 1 is 1.27 bits per heavy atom. The molecule has 82 valence electrons. The van der Waals surface area contributed by atoms with Gasteiger partial charge < -0.3 is 4.74 Å². The van der Waals surface area contributed by atoms with Crippen LogP contribution in [0.3, 0.4) is 0 Å². The van der Waals surface area contributed by atoms with E-state index in [0.29, 0.717) is 5.92 Å². The Morgan fingerprint density at radius 3 is 3.00 bits per heavy atom. The van der Waals surface area contributed by atoms with Crippen LogP contribution in [-0.2, 0) is 0 Å². The lowest BCUT2D eigenvalue weighted by atomic mass is 9.89. The largest absolute Gasteiger partial charge is 0.493 e. The molecule has 0 aliphatic carbocycles. The summed E-state index contributed by atoms with van der Waals surface area (Å²) in [5.74, 6) is 1.82. The quantitative estimate of drug-likeness (QED) is 0.590. The summed E-state index contributed by atoms with van der Waals surface area (Å²) in [5.41, 5.74) is 1.42. The van der Waals surface area contributed by atoms with Gasteiger partial charge in [-0.25, -0.2) is 0 Å². The van der Waals surface area contributed by atoms with Crippen molar-refractivity contribution in [1.29, 1.82) is 0 Å². The van der Waals surface area contributed by atoms with E-state index in [9.17, 15) is 0 Å². The van der Waals surface area contributed by atoms with Crippen molar-refractivity contribution in [3.05, 3.63) is 29.8 Å². The minimum absolute atomic E-state index is 0.717. The van der Waals surface area contributed by atoms with Crippen LogP contribution >= 0.6 is 15.9 Å². The summed E-state index contributed by atoms with van der Waals surface area (Å²) in [5, 5.41) is 1.12. The van der Waals surface area contributed by atoms with Crippen LogP contribution in [-0.4, -0.2) is 11.9 Å². The van der Waals surface area contributed by atoms with Gasteiger partial charge in [-0.05, 0) is 36.8 Å². The van der Waals surface area contributed by atoms with Crippen LogP contribution in [0.1, 0.15) is 37.2 Å². The van der Waals surface area contributed by atoms with Gasteiger partial charge in [0.2, 0.25) is 0 Å². The number of hydrogen-bond acceptors (Lipinski definition) is 1. The molecule has 0 radical (unpaired) electrons. The Labute approximate surface area is 100.0 Å². The van der Waals surface area contributed by atoms with Crippen molar-refractivity contribution in [2.75, 3.05) is 11.9 Å². The lowest BCUT2D eigenvalue weighted by Gasteiger charge is -2.25. The summed E-state index contributed by atoms with van der Waals surface area (Å²) in [6, 6.07) is 8.48. The summed E-state index contributed by atoms with van der Waals surface area (Å²) in [6.07, 6.45) is 5.06. The number of halogens is 1. The Kier molecular flexibility index (Phi) is 4.07. The average molecular weight is 269 g/mol. The van der Waals surface area contributed by atoms with E-state index < -0.39 is 0 Å². The Bertz CT molecular complexity index is 311. The van der Waals surface area contributed by atoms with Gasteiger partial charge in [-0.15, -0.1) is 0 Å². The average Bonchev–Trinajstić information content (AvgIpc) is 2.30. The van der Waals surface area contributed by atoms with Gasteiger partial charge in [0, 0.05) is 5.33 Å². The maximum atomic E-state index is 5.65. The standard InChI is InChI=1S/C13H17BrO/c14-9-4-3-5-11-8-10-15-13-7-2-1-6-12(11)13/h1-2,6-7,11H,3-5,8-10H2. The zero-order valence-corrected chi connectivity index (χ0v) is 10.5. The van der Waals surface area contributed by atoms with Gasteiger partial charge >= 0.3 is 0 Å².